The molecular weight excluding hydrogens is 378 g/mol. The van der Waals surface area contributed by atoms with Crippen LogP contribution in [0, 0.1) is 6.92 Å². The molecule has 152 valence electrons. The Morgan fingerprint density at radius 2 is 1.83 bits per heavy atom. The van der Waals surface area contributed by atoms with Crippen molar-refractivity contribution in [3.8, 4) is 0 Å². The summed E-state index contributed by atoms with van der Waals surface area (Å²) in [5.74, 6) is -0.569. The number of aromatic amines is 1. The summed E-state index contributed by atoms with van der Waals surface area (Å²) in [6.45, 7) is 1.57. The van der Waals surface area contributed by atoms with Crippen LogP contribution in [0.5, 0.6) is 0 Å². The van der Waals surface area contributed by atoms with Gasteiger partial charge in [0.15, 0.2) is 5.78 Å². The van der Waals surface area contributed by atoms with Crippen molar-refractivity contribution in [3.05, 3.63) is 70.9 Å². The van der Waals surface area contributed by atoms with E-state index in [0.29, 0.717) is 12.0 Å². The van der Waals surface area contributed by atoms with Crippen LogP contribution < -0.4 is 5.32 Å². The first kappa shape index (κ1) is 18.6. The molecule has 1 aliphatic carbocycles. The number of H-pyrrole nitrogens is 1. The van der Waals surface area contributed by atoms with Crippen molar-refractivity contribution in [2.24, 2.45) is 0 Å². The second-order valence-corrected chi connectivity index (χ2v) is 8.18. The number of para-hydroxylation sites is 1. The van der Waals surface area contributed by atoms with Crippen LogP contribution in [0.1, 0.15) is 46.4 Å². The molecule has 2 aliphatic rings. The fourth-order valence-electron chi connectivity index (χ4n) is 4.98. The summed E-state index contributed by atoms with van der Waals surface area (Å²) in [6.07, 6.45) is 3.24. The lowest BCUT2D eigenvalue weighted by molar-refractivity contribution is -0.131. The van der Waals surface area contributed by atoms with Gasteiger partial charge >= 0.3 is 6.03 Å². The van der Waals surface area contributed by atoms with Crippen molar-refractivity contribution in [1.29, 1.82) is 0 Å². The van der Waals surface area contributed by atoms with Crippen LogP contribution in [-0.2, 0) is 16.8 Å². The number of nitrogens with zero attached hydrogens (tertiary/aromatic N) is 1. The number of carbonyl (C=O) groups is 3. The predicted octanol–water partition coefficient (Wildman–Crippen LogP) is 3.83. The molecule has 0 saturated carbocycles. The zero-order valence-electron chi connectivity index (χ0n) is 16.8. The molecule has 1 aromatic heterocycles. The van der Waals surface area contributed by atoms with Crippen molar-refractivity contribution in [3.63, 3.8) is 0 Å². The van der Waals surface area contributed by atoms with E-state index in [1.807, 2.05) is 55.5 Å². The van der Waals surface area contributed by atoms with Crippen LogP contribution in [0.25, 0.3) is 10.9 Å². The van der Waals surface area contributed by atoms with Gasteiger partial charge < -0.3 is 10.3 Å². The first-order valence-electron chi connectivity index (χ1n) is 10.3. The Hall–Kier alpha value is -3.41. The molecule has 6 heteroatoms. The Morgan fingerprint density at radius 3 is 2.70 bits per heavy atom. The normalized spacial score (nSPS) is 21.0. The summed E-state index contributed by atoms with van der Waals surface area (Å²) >= 11 is 0. The van der Waals surface area contributed by atoms with E-state index in [-0.39, 0.29) is 18.2 Å². The third-order valence-corrected chi connectivity index (χ3v) is 6.37. The Bertz CT molecular complexity index is 1200. The number of fused-ring (bicyclic) bond motifs is 3. The molecule has 1 aliphatic heterocycles. The number of hydrogen-bond acceptors (Lipinski definition) is 3. The standard InChI is InChI=1S/C24H23N3O3/c1-15-21(17-10-3-5-12-19(17)25-15)20(28)14-27-22(29)24(26-23(27)30)13-7-6-9-16-8-2-4-11-18(16)24/h2-5,8,10-12,25H,6-7,9,13-14H2,1H3,(H,26,30)/t24-/m1/s1. The van der Waals surface area contributed by atoms with Crippen LogP contribution >= 0.6 is 0 Å². The third kappa shape index (κ3) is 2.67. The number of nitrogens with one attached hydrogen (secondary N) is 2. The van der Waals surface area contributed by atoms with Gasteiger partial charge in [-0.3, -0.25) is 14.5 Å². The summed E-state index contributed by atoms with van der Waals surface area (Å²) in [4.78, 5) is 43.9. The largest absolute Gasteiger partial charge is 0.358 e. The number of aromatic nitrogens is 1. The minimum Gasteiger partial charge on any atom is -0.358 e. The van der Waals surface area contributed by atoms with E-state index in [2.05, 4.69) is 10.3 Å². The van der Waals surface area contributed by atoms with Gasteiger partial charge in [0.05, 0.1) is 6.54 Å². The van der Waals surface area contributed by atoms with Gasteiger partial charge in [0, 0.05) is 22.2 Å². The number of urea groups is 1. The lowest BCUT2D eigenvalue weighted by Gasteiger charge is -2.27. The topological polar surface area (TPSA) is 82.3 Å². The second-order valence-electron chi connectivity index (χ2n) is 8.18. The zero-order valence-corrected chi connectivity index (χ0v) is 16.8. The fraction of sp³-hybridized carbons (Fsp3) is 0.292. The van der Waals surface area contributed by atoms with Crippen molar-refractivity contribution in [2.45, 2.75) is 38.1 Å². The minimum atomic E-state index is -1.07. The van der Waals surface area contributed by atoms with Gasteiger partial charge in [0.25, 0.3) is 5.91 Å². The highest BCUT2D eigenvalue weighted by atomic mass is 16.2. The van der Waals surface area contributed by atoms with E-state index >= 15 is 0 Å². The Kier molecular flexibility index (Phi) is 4.24. The van der Waals surface area contributed by atoms with E-state index in [9.17, 15) is 14.4 Å². The van der Waals surface area contributed by atoms with Crippen LogP contribution in [0.3, 0.4) is 0 Å². The number of amides is 3. The molecule has 2 heterocycles. The predicted molar refractivity (Wildman–Crippen MR) is 113 cm³/mol. The highest BCUT2D eigenvalue weighted by Crippen LogP contribution is 2.39. The molecule has 5 rings (SSSR count). The number of benzene rings is 2. The maximum atomic E-state index is 13.5. The highest BCUT2D eigenvalue weighted by molar-refractivity contribution is 6.15. The summed E-state index contributed by atoms with van der Waals surface area (Å²) in [5.41, 5.74) is 3.02. The van der Waals surface area contributed by atoms with Crippen molar-refractivity contribution in [2.75, 3.05) is 6.54 Å². The maximum Gasteiger partial charge on any atom is 0.325 e. The first-order chi connectivity index (χ1) is 14.5. The zero-order chi connectivity index (χ0) is 20.9. The van der Waals surface area contributed by atoms with Crippen LogP contribution in [0.15, 0.2) is 48.5 Å². The number of Topliss-reactive ketones (excluding diaryl/α,β-unsaturated/α-hetero) is 1. The van der Waals surface area contributed by atoms with E-state index in [1.54, 1.807) is 0 Å². The van der Waals surface area contributed by atoms with Gasteiger partial charge in [-0.15, -0.1) is 0 Å². The molecule has 6 nitrogen and oxygen atoms in total. The van der Waals surface area contributed by atoms with Crippen molar-refractivity contribution >= 4 is 28.6 Å². The van der Waals surface area contributed by atoms with E-state index < -0.39 is 11.6 Å². The minimum absolute atomic E-state index is 0.243. The first-order valence-corrected chi connectivity index (χ1v) is 10.3. The van der Waals surface area contributed by atoms with Crippen molar-refractivity contribution < 1.29 is 14.4 Å². The molecule has 30 heavy (non-hydrogen) atoms. The average Bonchev–Trinajstić information content (AvgIpc) is 3.11. The highest BCUT2D eigenvalue weighted by Gasteiger charge is 2.53. The van der Waals surface area contributed by atoms with Crippen LogP contribution in [0.4, 0.5) is 4.79 Å². The molecule has 3 aromatic rings. The second kappa shape index (κ2) is 6.83. The molecule has 2 aromatic carbocycles. The number of ketones is 1. The molecule has 2 N–H and O–H groups in total. The van der Waals surface area contributed by atoms with E-state index in [0.717, 1.165) is 51.9 Å². The van der Waals surface area contributed by atoms with Crippen LogP contribution in [0.2, 0.25) is 0 Å². The van der Waals surface area contributed by atoms with Gasteiger partial charge in [-0.1, -0.05) is 42.5 Å². The van der Waals surface area contributed by atoms with Crippen LogP contribution in [-0.4, -0.2) is 34.2 Å². The Labute approximate surface area is 174 Å². The van der Waals surface area contributed by atoms with Gasteiger partial charge in [0.2, 0.25) is 0 Å². The molecule has 1 atom stereocenters. The smallest absolute Gasteiger partial charge is 0.325 e. The quantitative estimate of drug-likeness (QED) is 0.517. The number of hydrogen-bond donors (Lipinski definition) is 2. The summed E-state index contributed by atoms with van der Waals surface area (Å²) in [5, 5.41) is 3.75. The number of rotatable bonds is 3. The molecular formula is C24H23N3O3. The molecule has 1 spiro atoms. The van der Waals surface area contributed by atoms with Gasteiger partial charge in [-0.25, -0.2) is 4.79 Å². The lowest BCUT2D eigenvalue weighted by atomic mass is 9.84. The summed E-state index contributed by atoms with van der Waals surface area (Å²) < 4.78 is 0. The van der Waals surface area contributed by atoms with E-state index in [4.69, 9.17) is 0 Å². The summed E-state index contributed by atoms with van der Waals surface area (Å²) in [6, 6.07) is 14.9. The van der Waals surface area contributed by atoms with E-state index in [1.165, 1.54) is 0 Å². The number of carbonyl (C=O) groups excluding carboxylic acids is 3. The molecule has 3 amide bonds. The van der Waals surface area contributed by atoms with Crippen molar-refractivity contribution in [1.82, 2.24) is 15.2 Å². The average molecular weight is 401 g/mol. The van der Waals surface area contributed by atoms with Gasteiger partial charge in [0.1, 0.15) is 5.54 Å². The Morgan fingerprint density at radius 1 is 1.07 bits per heavy atom. The number of aryl methyl sites for hydroxylation is 2. The molecule has 0 radical (unpaired) electrons. The maximum absolute atomic E-state index is 13.5. The molecule has 1 fully saturated rings. The SMILES string of the molecule is Cc1[nH]c2ccccc2c1C(=O)CN1C(=O)N[C@@]2(CCCCc3ccccc32)C1=O. The van der Waals surface area contributed by atoms with Gasteiger partial charge in [-0.05, 0) is 49.8 Å². The molecule has 0 bridgehead atoms. The number of imide groups is 1. The summed E-state index contributed by atoms with van der Waals surface area (Å²) in [7, 11) is 0. The van der Waals surface area contributed by atoms with Gasteiger partial charge in [-0.2, -0.15) is 0 Å². The fourth-order valence-corrected chi connectivity index (χ4v) is 4.98. The Balaban J connectivity index is 1.50. The molecule has 1 saturated heterocycles. The third-order valence-electron chi connectivity index (χ3n) is 6.37. The molecule has 0 unspecified atom stereocenters. The lowest BCUT2D eigenvalue weighted by Crippen LogP contribution is -2.44. The monoisotopic (exact) mass is 401 g/mol.